The highest BCUT2D eigenvalue weighted by atomic mass is 35.5. The smallest absolute Gasteiger partial charge is 0.431 e. The van der Waals surface area contributed by atoms with Crippen molar-refractivity contribution in [2.75, 3.05) is 40.3 Å². The van der Waals surface area contributed by atoms with E-state index >= 15 is 0 Å². The molecule has 26 heteroatoms. The van der Waals surface area contributed by atoms with Crippen molar-refractivity contribution in [3.63, 3.8) is 0 Å². The van der Waals surface area contributed by atoms with Gasteiger partial charge >= 0.3 is 30.6 Å². The highest BCUT2D eigenvalue weighted by Crippen LogP contribution is 2.47. The second-order valence-electron chi connectivity index (χ2n) is 27.2. The van der Waals surface area contributed by atoms with E-state index in [0.717, 1.165) is 33.2 Å². The molecule has 94 heavy (non-hydrogen) atoms. The van der Waals surface area contributed by atoms with Crippen molar-refractivity contribution in [3.05, 3.63) is 133 Å². The van der Waals surface area contributed by atoms with Crippen molar-refractivity contribution < 1.29 is 68.5 Å². The van der Waals surface area contributed by atoms with Crippen LogP contribution in [0.3, 0.4) is 0 Å². The fourth-order valence-electron chi connectivity index (χ4n) is 13.2. The molecule has 2 fully saturated rings. The van der Waals surface area contributed by atoms with Crippen LogP contribution in [0, 0.1) is 31.6 Å². The summed E-state index contributed by atoms with van der Waals surface area (Å²) in [4.78, 5) is 61.2. The summed E-state index contributed by atoms with van der Waals surface area (Å²) in [5, 5.41) is 14.0. The predicted octanol–water partition coefficient (Wildman–Crippen LogP) is 18.8. The first-order valence-corrected chi connectivity index (χ1v) is 31.8. The SMILES string of the molecule is Cc1c(-c2ccc(Cl)cc2)c(C(=O)N(C)C2CCN(C(=O)OC(C)(C)C)CC2(C)C)n(C(C)C)c1C(F)(F)F.Cc1c(-c2ccc(Cl)cc2)c(C(=O)N(C)C2CCNCC2(C)C)n(C(C)C)c1C(F)(F)F.Cc1c(-c2ccc(Cl)cn2)c(C(=O)O)n(C(C)C)c1C(F)(F)F. The van der Waals surface area contributed by atoms with E-state index in [-0.39, 0.29) is 62.4 Å². The number of carbonyl (C=O) groups is 4. The van der Waals surface area contributed by atoms with Gasteiger partial charge in [0.15, 0.2) is 0 Å². The van der Waals surface area contributed by atoms with E-state index in [1.807, 2.05) is 13.8 Å². The maximum absolute atomic E-state index is 14.4. The second-order valence-corrected chi connectivity index (χ2v) is 28.5. The Kier molecular flexibility index (Phi) is 23.2. The number of benzene rings is 2. The first kappa shape index (κ1) is 76.3. The van der Waals surface area contributed by atoms with Crippen LogP contribution in [-0.4, -0.2) is 120 Å². The molecule has 2 N–H and O–H groups in total. The van der Waals surface area contributed by atoms with Gasteiger partial charge in [0, 0.05) is 102 Å². The topological polar surface area (TPSA) is 147 Å². The fourth-order valence-corrected chi connectivity index (χ4v) is 13.5. The number of hydrogen-bond acceptors (Lipinski definition) is 7. The molecule has 0 aliphatic carbocycles. The van der Waals surface area contributed by atoms with Crippen LogP contribution in [0.1, 0.15) is 186 Å². The largest absolute Gasteiger partial charge is 0.477 e. The number of ether oxygens (including phenoxy) is 1. The first-order chi connectivity index (χ1) is 43.1. The van der Waals surface area contributed by atoms with E-state index < -0.39 is 94.3 Å². The normalized spacial score (nSPS) is 16.8. The summed E-state index contributed by atoms with van der Waals surface area (Å²) < 4.78 is 135. The zero-order chi connectivity index (χ0) is 71.2. The Bertz CT molecular complexity index is 3730. The molecule has 516 valence electrons. The Morgan fingerprint density at radius 3 is 1.29 bits per heavy atom. The molecule has 2 atom stereocenters. The maximum Gasteiger partial charge on any atom is 0.431 e. The molecule has 0 spiro atoms. The van der Waals surface area contributed by atoms with Gasteiger partial charge in [0.05, 0.1) is 10.7 Å². The highest BCUT2D eigenvalue weighted by Gasteiger charge is 2.48. The van der Waals surface area contributed by atoms with Crippen LogP contribution in [0.5, 0.6) is 0 Å². The fraction of sp³-hybridized carbons (Fsp3) is 0.515. The summed E-state index contributed by atoms with van der Waals surface area (Å²) in [6, 6.07) is 13.6. The number of aromatic carboxylic acids is 1. The van der Waals surface area contributed by atoms with Crippen molar-refractivity contribution in [2.24, 2.45) is 10.8 Å². The third-order valence-corrected chi connectivity index (χ3v) is 17.8. The van der Waals surface area contributed by atoms with Gasteiger partial charge in [-0.05, 0) is 172 Å². The predicted molar refractivity (Wildman–Crippen MR) is 349 cm³/mol. The number of carboxylic acid groups (broad SMARTS) is 1. The van der Waals surface area contributed by atoms with Gasteiger partial charge in [0.1, 0.15) is 39.8 Å². The van der Waals surface area contributed by atoms with Gasteiger partial charge in [-0.2, -0.15) is 39.5 Å². The lowest BCUT2D eigenvalue weighted by Crippen LogP contribution is -2.57. The van der Waals surface area contributed by atoms with Gasteiger partial charge in [-0.3, -0.25) is 14.6 Å². The molecule has 14 nitrogen and oxygen atoms in total. The van der Waals surface area contributed by atoms with E-state index in [2.05, 4.69) is 24.1 Å². The van der Waals surface area contributed by atoms with Crippen molar-refractivity contribution in [2.45, 2.75) is 178 Å². The Morgan fingerprint density at radius 1 is 0.585 bits per heavy atom. The molecule has 4 aromatic heterocycles. The maximum atomic E-state index is 14.4. The number of hydrogen-bond donors (Lipinski definition) is 2. The zero-order valence-corrected chi connectivity index (χ0v) is 58.4. The molecule has 2 unspecified atom stereocenters. The number of likely N-dealkylation sites (tertiary alicyclic amines) is 1. The molecule has 2 aliphatic rings. The van der Waals surface area contributed by atoms with Crippen molar-refractivity contribution in [3.8, 4) is 33.5 Å². The monoisotopic (exact) mass is 1380 g/mol. The number of rotatable bonds is 11. The van der Waals surface area contributed by atoms with Gasteiger partial charge in [-0.15, -0.1) is 0 Å². The molecule has 2 saturated heterocycles. The lowest BCUT2D eigenvalue weighted by molar-refractivity contribution is -0.145. The summed E-state index contributed by atoms with van der Waals surface area (Å²) in [7, 11) is 3.33. The molecule has 6 aromatic rings. The number of amides is 3. The number of halogens is 12. The van der Waals surface area contributed by atoms with Crippen LogP contribution in [-0.2, 0) is 23.3 Å². The molecule has 2 aromatic carbocycles. The summed E-state index contributed by atoms with van der Waals surface area (Å²) >= 11 is 17.8. The minimum Gasteiger partial charge on any atom is -0.477 e. The molecule has 0 bridgehead atoms. The van der Waals surface area contributed by atoms with Crippen LogP contribution in [0.4, 0.5) is 44.3 Å². The Morgan fingerprint density at radius 2 is 0.957 bits per heavy atom. The van der Waals surface area contributed by atoms with Crippen LogP contribution < -0.4 is 5.32 Å². The molecular weight excluding hydrogens is 1300 g/mol. The molecule has 0 saturated carbocycles. The van der Waals surface area contributed by atoms with Crippen LogP contribution in [0.2, 0.25) is 15.1 Å². The lowest BCUT2D eigenvalue weighted by atomic mass is 9.78. The van der Waals surface area contributed by atoms with Gasteiger partial charge < -0.3 is 43.6 Å². The van der Waals surface area contributed by atoms with Gasteiger partial charge in [-0.25, -0.2) is 9.59 Å². The van der Waals surface area contributed by atoms with Gasteiger partial charge in [-0.1, -0.05) is 86.8 Å². The average molecular weight is 1390 g/mol. The van der Waals surface area contributed by atoms with Crippen LogP contribution in [0.25, 0.3) is 33.5 Å². The highest BCUT2D eigenvalue weighted by molar-refractivity contribution is 6.31. The minimum absolute atomic E-state index is 0.00530. The molecular formula is C68H84Cl3F9N8O6. The van der Waals surface area contributed by atoms with E-state index in [0.29, 0.717) is 51.3 Å². The van der Waals surface area contributed by atoms with Crippen molar-refractivity contribution in [1.29, 1.82) is 0 Å². The third kappa shape index (κ3) is 16.4. The molecule has 2 aliphatic heterocycles. The van der Waals surface area contributed by atoms with Crippen LogP contribution in [0.15, 0.2) is 66.9 Å². The average Bonchev–Trinajstić information content (AvgIpc) is 1.59. The number of aromatic nitrogens is 4. The summed E-state index contributed by atoms with van der Waals surface area (Å²) in [6.07, 6.45) is -11.9. The van der Waals surface area contributed by atoms with Crippen LogP contribution >= 0.6 is 34.8 Å². The standard InChI is InChI=1S/C29H39ClF3N3O3.C24H31ClF3N3O.C15H14ClF3N2O2/c1-17(2)36-23(22(18(3)24(36)29(31,32)33)19-10-12-20(30)13-11-19)25(37)34(9)21-14-15-35(16-28(21,7)8)26(38)39-27(4,5)6;1-14(2)31-20(22(32)30(6)18-11-12-29-13-23(18,4)5)19(15(3)21(31)24(26,27)28)16-7-9-17(25)10-8-16;1-7(2)21-12(14(22)23)11(8(3)13(21)15(17,18)19)10-5-4-9(16)6-20-10/h10-13,17,21H,14-16H2,1-9H3;7-10,14,18,29H,11-13H2,1-6H3;4-7H,1-3H3,(H,22,23). The summed E-state index contributed by atoms with van der Waals surface area (Å²) in [5.74, 6) is -2.35. The number of alkyl halides is 9. The minimum atomic E-state index is -4.68. The van der Waals surface area contributed by atoms with E-state index in [9.17, 15) is 63.8 Å². The lowest BCUT2D eigenvalue weighted by Gasteiger charge is -2.47. The van der Waals surface area contributed by atoms with Crippen molar-refractivity contribution >= 4 is 58.7 Å². The Labute approximate surface area is 558 Å². The number of pyridine rings is 1. The Balaban J connectivity index is 0.000000231. The van der Waals surface area contributed by atoms with Gasteiger partial charge in [0.2, 0.25) is 0 Å². The molecule has 3 amide bonds. The first-order valence-electron chi connectivity index (χ1n) is 30.6. The molecule has 0 radical (unpaired) electrons. The molecule has 8 rings (SSSR count). The second kappa shape index (κ2) is 28.6. The number of carbonyl (C=O) groups excluding carboxylic acids is 3. The zero-order valence-electron chi connectivity index (χ0n) is 56.1. The number of carboxylic acids is 1. The number of piperidine rings is 2. The Hall–Kier alpha value is -6.69. The van der Waals surface area contributed by atoms with Crippen molar-refractivity contribution in [1.82, 2.24) is 38.7 Å². The van der Waals surface area contributed by atoms with E-state index in [1.165, 1.54) is 52.9 Å². The quantitative estimate of drug-likeness (QED) is 0.122. The summed E-state index contributed by atoms with van der Waals surface area (Å²) in [6.45, 7) is 29.4. The number of nitrogens with one attached hydrogen (secondary N) is 1. The van der Waals surface area contributed by atoms with Gasteiger partial charge in [0.25, 0.3) is 11.8 Å². The number of nitrogens with zero attached hydrogens (tertiary/aromatic N) is 7. The molecule has 6 heterocycles. The third-order valence-electron chi connectivity index (χ3n) is 17.0. The summed E-state index contributed by atoms with van der Waals surface area (Å²) in [5.41, 5.74) is -2.80. The van der Waals surface area contributed by atoms with E-state index in [1.54, 1.807) is 126 Å². The van der Waals surface area contributed by atoms with E-state index in [4.69, 9.17) is 39.5 Å².